The molecule has 13 nitrogen and oxygen atoms in total. The molecule has 0 radical (unpaired) electrons. The second kappa shape index (κ2) is 15.6. The van der Waals surface area contributed by atoms with E-state index in [-0.39, 0.29) is 40.8 Å². The van der Waals surface area contributed by atoms with E-state index in [4.69, 9.17) is 4.74 Å². The van der Waals surface area contributed by atoms with E-state index < -0.39 is 33.7 Å². The molecule has 4 aromatic rings. The number of nitrogens with one attached hydrogen (secondary N) is 6. The molecular weight excluding hydrogens is 697 g/mol. The summed E-state index contributed by atoms with van der Waals surface area (Å²) in [4.78, 5) is 56.9. The highest BCUT2D eigenvalue weighted by Crippen LogP contribution is 2.30. The van der Waals surface area contributed by atoms with Gasteiger partial charge in [-0.2, -0.15) is 0 Å². The maximum absolute atomic E-state index is 13.8. The molecule has 0 spiro atoms. The van der Waals surface area contributed by atoms with Gasteiger partial charge < -0.3 is 30.7 Å². The van der Waals surface area contributed by atoms with E-state index in [0.717, 1.165) is 47.9 Å². The third-order valence-corrected chi connectivity index (χ3v) is 11.2. The molecule has 6 rings (SSSR count). The summed E-state index contributed by atoms with van der Waals surface area (Å²) < 4.78 is 33.5. The number of aryl methyl sites for hydroxylation is 1. The third kappa shape index (κ3) is 10.1. The van der Waals surface area contributed by atoms with Gasteiger partial charge in [0, 0.05) is 30.6 Å². The SMILES string of the molecule is Cc1cc(S(=O)(=O)NC2CC2)ccc1-c1ccc(C[C@H](NC(=O)C2CCC(CNC(=O)OC(C)(C)C)CC2)C(=O)Nc2ccc3[nH]c(=O)[nH]c3c2)cc1. The van der Waals surface area contributed by atoms with Gasteiger partial charge in [0.2, 0.25) is 21.8 Å². The molecule has 3 amide bonds. The van der Waals surface area contributed by atoms with Gasteiger partial charge in [-0.25, -0.2) is 22.7 Å². The van der Waals surface area contributed by atoms with Crippen molar-refractivity contribution < 1.29 is 27.5 Å². The van der Waals surface area contributed by atoms with Crippen molar-refractivity contribution in [2.24, 2.45) is 11.8 Å². The number of aromatic amines is 2. The van der Waals surface area contributed by atoms with Crippen LogP contribution in [-0.2, 0) is 30.8 Å². The van der Waals surface area contributed by atoms with Crippen molar-refractivity contribution in [1.29, 1.82) is 0 Å². The Morgan fingerprint density at radius 1 is 0.887 bits per heavy atom. The van der Waals surface area contributed by atoms with E-state index in [1.807, 2.05) is 52.0 Å². The second-order valence-corrected chi connectivity index (χ2v) is 17.0. The van der Waals surface area contributed by atoms with Gasteiger partial charge >= 0.3 is 11.8 Å². The minimum Gasteiger partial charge on any atom is -0.444 e. The Morgan fingerprint density at radius 2 is 1.58 bits per heavy atom. The maximum Gasteiger partial charge on any atom is 0.407 e. The molecule has 2 aliphatic carbocycles. The minimum atomic E-state index is -3.57. The summed E-state index contributed by atoms with van der Waals surface area (Å²) in [5.41, 5.74) is 4.11. The third-order valence-electron chi connectivity index (χ3n) is 9.68. The first-order chi connectivity index (χ1) is 25.1. The van der Waals surface area contributed by atoms with Crippen LogP contribution >= 0.6 is 0 Å². The zero-order chi connectivity index (χ0) is 37.9. The molecule has 1 heterocycles. The van der Waals surface area contributed by atoms with Crippen LogP contribution in [0.2, 0.25) is 0 Å². The summed E-state index contributed by atoms with van der Waals surface area (Å²) in [5.74, 6) is -0.654. The Balaban J connectivity index is 1.13. The second-order valence-electron chi connectivity index (χ2n) is 15.3. The summed E-state index contributed by atoms with van der Waals surface area (Å²) >= 11 is 0. The Morgan fingerprint density at radius 3 is 2.25 bits per heavy atom. The Hall–Kier alpha value is -4.95. The first-order valence-electron chi connectivity index (χ1n) is 18.1. The predicted octanol–water partition coefficient (Wildman–Crippen LogP) is 5.27. The molecule has 6 N–H and O–H groups in total. The van der Waals surface area contributed by atoms with Gasteiger partial charge in [0.15, 0.2) is 0 Å². The number of sulfonamides is 1. The average Bonchev–Trinajstić information content (AvgIpc) is 3.83. The predicted molar refractivity (Wildman–Crippen MR) is 203 cm³/mol. The lowest BCUT2D eigenvalue weighted by atomic mass is 9.81. The Labute approximate surface area is 309 Å². The van der Waals surface area contributed by atoms with Crippen LogP contribution in [0.15, 0.2) is 70.4 Å². The average molecular weight is 745 g/mol. The zero-order valence-electron chi connectivity index (χ0n) is 30.5. The Kier molecular flexibility index (Phi) is 11.1. The van der Waals surface area contributed by atoms with E-state index in [1.54, 1.807) is 36.4 Å². The number of anilines is 1. The van der Waals surface area contributed by atoms with Gasteiger partial charge in [0.1, 0.15) is 11.6 Å². The molecule has 53 heavy (non-hydrogen) atoms. The van der Waals surface area contributed by atoms with Gasteiger partial charge in [0.25, 0.3) is 0 Å². The lowest BCUT2D eigenvalue weighted by molar-refractivity contribution is -0.130. The smallest absolute Gasteiger partial charge is 0.407 e. The van der Waals surface area contributed by atoms with E-state index in [9.17, 15) is 27.6 Å². The normalized spacial score (nSPS) is 18.3. The number of ether oxygens (including phenoxy) is 1. The molecule has 2 aliphatic rings. The topological polar surface area (TPSA) is 191 Å². The Bertz CT molecular complexity index is 2140. The van der Waals surface area contributed by atoms with E-state index >= 15 is 0 Å². The number of carbonyl (C=O) groups excluding carboxylic acids is 3. The highest BCUT2D eigenvalue weighted by atomic mass is 32.2. The summed E-state index contributed by atoms with van der Waals surface area (Å²) in [6.45, 7) is 7.79. The highest BCUT2D eigenvalue weighted by Gasteiger charge is 2.31. The number of H-pyrrole nitrogens is 2. The van der Waals surface area contributed by atoms with Crippen LogP contribution in [0.1, 0.15) is 70.4 Å². The van der Waals surface area contributed by atoms with E-state index in [1.165, 1.54) is 0 Å². The fraction of sp³-hybridized carbons (Fsp3) is 0.436. The van der Waals surface area contributed by atoms with Crippen molar-refractivity contribution in [2.45, 2.75) is 95.2 Å². The van der Waals surface area contributed by atoms with Crippen LogP contribution in [-0.4, -0.2) is 60.5 Å². The minimum absolute atomic E-state index is 0.0198. The van der Waals surface area contributed by atoms with Crippen molar-refractivity contribution in [1.82, 2.24) is 25.3 Å². The lowest BCUT2D eigenvalue weighted by Crippen LogP contribution is -2.48. The first-order valence-corrected chi connectivity index (χ1v) is 19.6. The van der Waals surface area contributed by atoms with Gasteiger partial charge in [-0.3, -0.25) is 9.59 Å². The maximum atomic E-state index is 13.8. The summed E-state index contributed by atoms with van der Waals surface area (Å²) in [7, 11) is -3.57. The standard InChI is InChI=1S/C39H48N6O7S/c1-23-19-30(53(50,51)45-28-13-14-28)16-17-31(23)26-9-5-24(6-10-26)20-34(36(47)41-29-15-18-32-33(21-29)44-37(48)43-32)42-35(46)27-11-7-25(8-12-27)22-40-38(49)52-39(2,3)4/h5-6,9-10,15-19,21,25,27-28,34,45H,7-8,11-14,20,22H2,1-4H3,(H,40,49)(H,41,47)(H,42,46)(H2,43,44,48)/t25?,27?,34-/m0/s1. The fourth-order valence-corrected chi connectivity index (χ4v) is 8.07. The fourth-order valence-electron chi connectivity index (χ4n) is 6.68. The van der Waals surface area contributed by atoms with Crippen molar-refractivity contribution in [3.63, 3.8) is 0 Å². The number of benzene rings is 3. The molecule has 1 aromatic heterocycles. The molecule has 3 aromatic carbocycles. The molecule has 2 fully saturated rings. The number of rotatable bonds is 12. The molecule has 0 bridgehead atoms. The largest absolute Gasteiger partial charge is 0.444 e. The summed E-state index contributed by atoms with van der Waals surface area (Å²) in [6, 6.07) is 16.9. The van der Waals surface area contributed by atoms with Crippen LogP contribution < -0.4 is 26.4 Å². The number of amides is 3. The van der Waals surface area contributed by atoms with E-state index in [0.29, 0.717) is 36.1 Å². The van der Waals surface area contributed by atoms with Gasteiger partial charge in [0.05, 0.1) is 15.9 Å². The molecule has 0 unspecified atom stereocenters. The van der Waals surface area contributed by atoms with Crippen LogP contribution in [0.3, 0.4) is 0 Å². The molecule has 2 saturated carbocycles. The van der Waals surface area contributed by atoms with Crippen LogP contribution in [0.5, 0.6) is 0 Å². The monoisotopic (exact) mass is 744 g/mol. The number of hydrogen-bond donors (Lipinski definition) is 6. The number of carbonyl (C=O) groups is 3. The van der Waals surface area contributed by atoms with Gasteiger partial charge in [-0.05, 0) is 125 Å². The van der Waals surface area contributed by atoms with Gasteiger partial charge in [-0.15, -0.1) is 0 Å². The number of alkyl carbamates (subject to hydrolysis) is 1. The summed E-state index contributed by atoms with van der Waals surface area (Å²) in [5, 5.41) is 8.75. The number of imidazole rings is 1. The van der Waals surface area contributed by atoms with Crippen molar-refractivity contribution in [3.8, 4) is 11.1 Å². The molecule has 1 atom stereocenters. The van der Waals surface area contributed by atoms with Crippen molar-refractivity contribution in [2.75, 3.05) is 11.9 Å². The van der Waals surface area contributed by atoms with Crippen molar-refractivity contribution in [3.05, 3.63) is 82.3 Å². The number of hydrogen-bond acceptors (Lipinski definition) is 7. The molecule has 282 valence electrons. The van der Waals surface area contributed by atoms with Crippen LogP contribution in [0.4, 0.5) is 10.5 Å². The lowest BCUT2D eigenvalue weighted by Gasteiger charge is -2.29. The van der Waals surface area contributed by atoms with E-state index in [2.05, 4.69) is 30.6 Å². The van der Waals surface area contributed by atoms with Crippen LogP contribution in [0.25, 0.3) is 22.2 Å². The highest BCUT2D eigenvalue weighted by molar-refractivity contribution is 7.89. The molecule has 14 heteroatoms. The molecule has 0 aliphatic heterocycles. The summed E-state index contributed by atoms with van der Waals surface area (Å²) in [6.07, 6.45) is 4.25. The number of aromatic nitrogens is 2. The first kappa shape index (κ1) is 37.8. The van der Waals surface area contributed by atoms with Crippen LogP contribution in [0, 0.1) is 18.8 Å². The van der Waals surface area contributed by atoms with Gasteiger partial charge in [-0.1, -0.05) is 30.3 Å². The van der Waals surface area contributed by atoms with Crippen molar-refractivity contribution >= 4 is 44.7 Å². The molecule has 0 saturated heterocycles. The zero-order valence-corrected chi connectivity index (χ0v) is 31.3. The number of fused-ring (bicyclic) bond motifs is 1. The quantitative estimate of drug-likeness (QED) is 0.114. The molecular formula is C39H48N6O7S.